The topological polar surface area (TPSA) is 47.1 Å². The number of nitrogens with zero attached hydrogens (tertiary/aromatic N) is 3. The van der Waals surface area contributed by atoms with Crippen molar-refractivity contribution < 1.29 is 0 Å². The lowest BCUT2D eigenvalue weighted by Crippen LogP contribution is -2.23. The Bertz CT molecular complexity index is 617. The van der Waals surface area contributed by atoms with Crippen molar-refractivity contribution in [3.8, 4) is 0 Å². The van der Waals surface area contributed by atoms with Gasteiger partial charge in [0.1, 0.15) is 0 Å². The van der Waals surface area contributed by atoms with Crippen LogP contribution in [0.3, 0.4) is 0 Å². The number of anilines is 1. The van der Waals surface area contributed by atoms with E-state index in [0.717, 1.165) is 32.5 Å². The van der Waals surface area contributed by atoms with Crippen LogP contribution in [0.5, 0.6) is 0 Å². The molecule has 4 nitrogen and oxygen atoms in total. The van der Waals surface area contributed by atoms with Crippen molar-refractivity contribution in [2.24, 2.45) is 12.8 Å². The molecule has 0 aliphatic carbocycles. The minimum Gasteiger partial charge on any atom is -0.365 e. The molecule has 1 aliphatic rings. The van der Waals surface area contributed by atoms with Gasteiger partial charge >= 0.3 is 0 Å². The minimum absolute atomic E-state index is 0.560. The quantitative estimate of drug-likeness (QED) is 0.917. The van der Waals surface area contributed by atoms with E-state index in [9.17, 15) is 0 Å². The zero-order chi connectivity index (χ0) is 14.8. The van der Waals surface area contributed by atoms with Gasteiger partial charge in [-0.15, -0.1) is 0 Å². The second kappa shape index (κ2) is 5.90. The molecule has 112 valence electrons. The summed E-state index contributed by atoms with van der Waals surface area (Å²) < 4.78 is 2.01. The highest BCUT2D eigenvalue weighted by Crippen LogP contribution is 2.38. The van der Waals surface area contributed by atoms with Crippen LogP contribution in [0.4, 0.5) is 5.69 Å². The van der Waals surface area contributed by atoms with Gasteiger partial charge < -0.3 is 10.6 Å². The van der Waals surface area contributed by atoms with Crippen LogP contribution in [0.1, 0.15) is 36.2 Å². The average molecular weight is 284 g/mol. The van der Waals surface area contributed by atoms with E-state index in [-0.39, 0.29) is 0 Å². The van der Waals surface area contributed by atoms with Crippen molar-refractivity contribution in [3.63, 3.8) is 0 Å². The van der Waals surface area contributed by atoms with Crippen molar-refractivity contribution in [3.05, 3.63) is 47.3 Å². The first-order chi connectivity index (χ1) is 10.2. The first kappa shape index (κ1) is 14.1. The molecule has 0 radical (unpaired) electrons. The monoisotopic (exact) mass is 284 g/mol. The van der Waals surface area contributed by atoms with E-state index in [1.165, 1.54) is 22.6 Å². The zero-order valence-electron chi connectivity index (χ0n) is 12.9. The summed E-state index contributed by atoms with van der Waals surface area (Å²) in [5.41, 5.74) is 11.0. The fourth-order valence-corrected chi connectivity index (χ4v) is 3.27. The number of nitrogens with two attached hydrogens (primary N) is 1. The lowest BCUT2D eigenvalue weighted by atomic mass is 9.98. The lowest BCUT2D eigenvalue weighted by Gasteiger charge is -2.20. The van der Waals surface area contributed by atoms with Crippen LogP contribution in [-0.2, 0) is 20.0 Å². The molecular formula is C17H24N4. The fourth-order valence-electron chi connectivity index (χ4n) is 3.27. The van der Waals surface area contributed by atoms with E-state index < -0.39 is 0 Å². The largest absolute Gasteiger partial charge is 0.365 e. The standard InChI is InChI=1S/C17H24N4/c1-3-14-10-15(20(2)19-14)12-21-11-13(8-9-18)16-6-4-5-7-17(16)21/h4-7,10,13H,3,8-9,11-12,18H2,1-2H3. The molecule has 0 saturated heterocycles. The maximum atomic E-state index is 5.78. The number of hydrogen-bond donors (Lipinski definition) is 1. The molecule has 0 spiro atoms. The first-order valence-electron chi connectivity index (χ1n) is 7.78. The van der Waals surface area contributed by atoms with E-state index in [1.807, 2.05) is 11.7 Å². The lowest BCUT2D eigenvalue weighted by molar-refractivity contribution is 0.626. The number of hydrogen-bond acceptors (Lipinski definition) is 3. The van der Waals surface area contributed by atoms with Crippen LogP contribution in [0.15, 0.2) is 30.3 Å². The van der Waals surface area contributed by atoms with Gasteiger partial charge in [0.25, 0.3) is 0 Å². The summed E-state index contributed by atoms with van der Waals surface area (Å²) >= 11 is 0. The van der Waals surface area contributed by atoms with Gasteiger partial charge in [-0.25, -0.2) is 0 Å². The predicted octanol–water partition coefficient (Wildman–Crippen LogP) is 2.44. The van der Waals surface area contributed by atoms with Crippen molar-refractivity contribution in [1.29, 1.82) is 0 Å². The first-order valence-corrected chi connectivity index (χ1v) is 7.78. The molecule has 2 aromatic rings. The number of aromatic nitrogens is 2. The van der Waals surface area contributed by atoms with Crippen LogP contribution in [0.2, 0.25) is 0 Å². The number of para-hydroxylation sites is 1. The van der Waals surface area contributed by atoms with Gasteiger partial charge in [-0.2, -0.15) is 5.10 Å². The van der Waals surface area contributed by atoms with Crippen LogP contribution in [0.25, 0.3) is 0 Å². The number of aryl methyl sites for hydroxylation is 2. The molecular weight excluding hydrogens is 260 g/mol. The van der Waals surface area contributed by atoms with Gasteiger partial charge in [-0.1, -0.05) is 25.1 Å². The van der Waals surface area contributed by atoms with Crippen LogP contribution < -0.4 is 10.6 Å². The molecule has 4 heteroatoms. The summed E-state index contributed by atoms with van der Waals surface area (Å²) in [6.45, 7) is 4.87. The summed E-state index contributed by atoms with van der Waals surface area (Å²) in [4.78, 5) is 2.46. The van der Waals surface area contributed by atoms with Crippen molar-refractivity contribution in [2.75, 3.05) is 18.0 Å². The van der Waals surface area contributed by atoms with E-state index in [1.54, 1.807) is 0 Å². The number of rotatable bonds is 5. The molecule has 0 bridgehead atoms. The summed E-state index contributed by atoms with van der Waals surface area (Å²) in [6, 6.07) is 10.9. The normalized spacial score (nSPS) is 17.3. The number of benzene rings is 1. The Morgan fingerprint density at radius 3 is 2.86 bits per heavy atom. The van der Waals surface area contributed by atoms with Crippen molar-refractivity contribution in [1.82, 2.24) is 9.78 Å². The molecule has 3 rings (SSSR count). The Morgan fingerprint density at radius 2 is 2.14 bits per heavy atom. The molecule has 1 aliphatic heterocycles. The van der Waals surface area contributed by atoms with Crippen LogP contribution >= 0.6 is 0 Å². The molecule has 1 aromatic carbocycles. The van der Waals surface area contributed by atoms with Gasteiger partial charge in [-0.05, 0) is 37.1 Å². The zero-order valence-corrected chi connectivity index (χ0v) is 12.9. The van der Waals surface area contributed by atoms with E-state index in [0.29, 0.717) is 5.92 Å². The van der Waals surface area contributed by atoms with Gasteiger partial charge in [0, 0.05) is 25.2 Å². The molecule has 2 heterocycles. The highest BCUT2D eigenvalue weighted by atomic mass is 15.3. The van der Waals surface area contributed by atoms with E-state index in [4.69, 9.17) is 5.73 Å². The SMILES string of the molecule is CCc1cc(CN2CC(CCN)c3ccccc32)n(C)n1. The predicted molar refractivity (Wildman–Crippen MR) is 86.5 cm³/mol. The van der Waals surface area contributed by atoms with Crippen LogP contribution in [-0.4, -0.2) is 22.9 Å². The molecule has 1 atom stereocenters. The molecule has 0 fully saturated rings. The summed E-state index contributed by atoms with van der Waals surface area (Å²) in [6.07, 6.45) is 2.04. The molecule has 1 aromatic heterocycles. The Balaban J connectivity index is 1.84. The Labute approximate surface area is 126 Å². The maximum Gasteiger partial charge on any atom is 0.0625 e. The average Bonchev–Trinajstić information content (AvgIpc) is 3.02. The van der Waals surface area contributed by atoms with Crippen LogP contribution in [0, 0.1) is 0 Å². The molecule has 2 N–H and O–H groups in total. The molecule has 1 unspecified atom stereocenters. The molecule has 21 heavy (non-hydrogen) atoms. The smallest absolute Gasteiger partial charge is 0.0625 e. The third-order valence-electron chi connectivity index (χ3n) is 4.42. The third-order valence-corrected chi connectivity index (χ3v) is 4.42. The highest BCUT2D eigenvalue weighted by Gasteiger charge is 2.28. The Morgan fingerprint density at radius 1 is 1.33 bits per heavy atom. The Hall–Kier alpha value is -1.81. The van der Waals surface area contributed by atoms with E-state index >= 15 is 0 Å². The van der Waals surface area contributed by atoms with Gasteiger partial charge in [0.05, 0.1) is 17.9 Å². The second-order valence-corrected chi connectivity index (χ2v) is 5.82. The minimum atomic E-state index is 0.560. The fraction of sp³-hybridized carbons (Fsp3) is 0.471. The Kier molecular flexibility index (Phi) is 3.97. The van der Waals surface area contributed by atoms with E-state index in [2.05, 4.69) is 47.3 Å². The third kappa shape index (κ3) is 2.68. The van der Waals surface area contributed by atoms with Gasteiger partial charge in [0.2, 0.25) is 0 Å². The summed E-state index contributed by atoms with van der Waals surface area (Å²) in [5.74, 6) is 0.560. The molecule has 0 amide bonds. The van der Waals surface area contributed by atoms with Gasteiger partial charge in [0.15, 0.2) is 0 Å². The number of fused-ring (bicyclic) bond motifs is 1. The second-order valence-electron chi connectivity index (χ2n) is 5.82. The highest BCUT2D eigenvalue weighted by molar-refractivity contribution is 5.60. The van der Waals surface area contributed by atoms with Crippen molar-refractivity contribution >= 4 is 5.69 Å². The summed E-state index contributed by atoms with van der Waals surface area (Å²) in [7, 11) is 2.04. The van der Waals surface area contributed by atoms with Crippen molar-refractivity contribution in [2.45, 2.75) is 32.2 Å². The van der Waals surface area contributed by atoms with Gasteiger partial charge in [-0.3, -0.25) is 4.68 Å². The molecule has 0 saturated carbocycles. The summed E-state index contributed by atoms with van der Waals surface area (Å²) in [5, 5.41) is 4.55. The maximum absolute atomic E-state index is 5.78.